The van der Waals surface area contributed by atoms with Gasteiger partial charge in [-0.15, -0.1) is 5.06 Å². The molecule has 0 spiro atoms. The standard InChI is InChI=1S/C33H44N4O2/c1-4-16-37(17-5-2)39-31-20-29-13-11-27(21-32(29)35-33(34)22-31)26-12-14-30(24-38)28(19-26)15-18-36(3)23-25-9-7-6-8-10-25/h11-15,18-21,24-25H,4-10,16-17,22-23H2,1-3H3,(H2,34,35)/b18-15-. The largest absolute Gasteiger partial charge is 0.410 e. The van der Waals surface area contributed by atoms with Crippen molar-refractivity contribution in [2.75, 3.05) is 26.7 Å². The lowest BCUT2D eigenvalue weighted by molar-refractivity contribution is -0.119. The third-order valence-electron chi connectivity index (χ3n) is 7.49. The fraction of sp³-hybridized carbons (Fsp3) is 0.455. The Labute approximate surface area is 234 Å². The first-order valence-corrected chi connectivity index (χ1v) is 14.6. The summed E-state index contributed by atoms with van der Waals surface area (Å²) in [6.07, 6.45) is 16.4. The Kier molecular flexibility index (Phi) is 10.4. The monoisotopic (exact) mass is 528 g/mol. The molecular formula is C33H44N4O2. The van der Waals surface area contributed by atoms with Crippen molar-refractivity contribution in [3.05, 3.63) is 65.0 Å². The molecule has 2 N–H and O–H groups in total. The lowest BCUT2D eigenvalue weighted by Gasteiger charge is -2.26. The summed E-state index contributed by atoms with van der Waals surface area (Å²) in [5.74, 6) is 2.11. The van der Waals surface area contributed by atoms with Crippen LogP contribution in [0.3, 0.4) is 0 Å². The topological polar surface area (TPSA) is 71.2 Å². The number of hydroxylamine groups is 2. The van der Waals surface area contributed by atoms with E-state index < -0.39 is 0 Å². The minimum Gasteiger partial charge on any atom is -0.410 e. The molecule has 0 saturated heterocycles. The van der Waals surface area contributed by atoms with Gasteiger partial charge >= 0.3 is 0 Å². The summed E-state index contributed by atoms with van der Waals surface area (Å²) in [7, 11) is 2.12. The number of hydrogen-bond acceptors (Lipinski definition) is 6. The third-order valence-corrected chi connectivity index (χ3v) is 7.49. The molecule has 208 valence electrons. The Morgan fingerprint density at radius 1 is 1.00 bits per heavy atom. The quantitative estimate of drug-likeness (QED) is 0.229. The smallest absolute Gasteiger partial charge is 0.150 e. The number of hydrogen-bond donors (Lipinski definition) is 1. The van der Waals surface area contributed by atoms with Gasteiger partial charge in [0.25, 0.3) is 0 Å². The highest BCUT2D eigenvalue weighted by molar-refractivity contribution is 5.90. The summed E-state index contributed by atoms with van der Waals surface area (Å²) in [5.41, 5.74) is 11.8. The molecule has 1 aliphatic carbocycles. The van der Waals surface area contributed by atoms with Crippen LogP contribution < -0.4 is 5.73 Å². The molecule has 0 aromatic heterocycles. The fourth-order valence-electron chi connectivity index (χ4n) is 5.52. The van der Waals surface area contributed by atoms with Crippen LogP contribution in [0.15, 0.2) is 53.3 Å². The zero-order valence-electron chi connectivity index (χ0n) is 23.9. The minimum absolute atomic E-state index is 0.477. The van der Waals surface area contributed by atoms with Crippen molar-refractivity contribution in [2.45, 2.75) is 65.2 Å². The van der Waals surface area contributed by atoms with Crippen molar-refractivity contribution in [2.24, 2.45) is 16.6 Å². The number of fused-ring (bicyclic) bond motifs is 1. The average Bonchev–Trinajstić information content (AvgIpc) is 3.09. The van der Waals surface area contributed by atoms with E-state index in [1.165, 1.54) is 32.1 Å². The van der Waals surface area contributed by atoms with Gasteiger partial charge in [-0.25, -0.2) is 4.99 Å². The molecule has 39 heavy (non-hydrogen) atoms. The third kappa shape index (κ3) is 8.06. The number of aldehydes is 1. The van der Waals surface area contributed by atoms with Gasteiger partial charge in [0.05, 0.1) is 12.1 Å². The van der Waals surface area contributed by atoms with Crippen LogP contribution in [0.5, 0.6) is 0 Å². The van der Waals surface area contributed by atoms with Gasteiger partial charge in [0.1, 0.15) is 11.6 Å². The second-order valence-electron chi connectivity index (χ2n) is 10.9. The van der Waals surface area contributed by atoms with Crippen molar-refractivity contribution >= 4 is 30.0 Å². The second-order valence-corrected chi connectivity index (χ2v) is 10.9. The summed E-state index contributed by atoms with van der Waals surface area (Å²) >= 11 is 0. The van der Waals surface area contributed by atoms with Crippen LogP contribution in [0.25, 0.3) is 23.3 Å². The van der Waals surface area contributed by atoms with E-state index >= 15 is 0 Å². The van der Waals surface area contributed by atoms with Crippen LogP contribution in [0.2, 0.25) is 0 Å². The van der Waals surface area contributed by atoms with Crippen molar-refractivity contribution in [1.82, 2.24) is 9.96 Å². The summed E-state index contributed by atoms with van der Waals surface area (Å²) in [4.78, 5) is 25.0. The molecule has 6 heteroatoms. The van der Waals surface area contributed by atoms with E-state index in [0.29, 0.717) is 17.8 Å². The molecule has 0 unspecified atom stereocenters. The van der Waals surface area contributed by atoms with E-state index in [0.717, 1.165) is 78.4 Å². The zero-order chi connectivity index (χ0) is 27.6. The van der Waals surface area contributed by atoms with Gasteiger partial charge in [-0.1, -0.05) is 57.4 Å². The highest BCUT2D eigenvalue weighted by atomic mass is 16.7. The molecule has 4 rings (SSSR count). The van der Waals surface area contributed by atoms with E-state index in [1.807, 2.05) is 23.3 Å². The first kappa shape index (κ1) is 28.6. The molecule has 0 atom stereocenters. The van der Waals surface area contributed by atoms with Gasteiger partial charge in [0, 0.05) is 37.8 Å². The second kappa shape index (κ2) is 14.1. The number of amidine groups is 1. The molecule has 1 fully saturated rings. The van der Waals surface area contributed by atoms with E-state index in [1.54, 1.807) is 0 Å². The molecule has 1 aliphatic heterocycles. The van der Waals surface area contributed by atoms with Crippen molar-refractivity contribution in [3.63, 3.8) is 0 Å². The molecule has 2 aromatic rings. The van der Waals surface area contributed by atoms with Gasteiger partial charge in [-0.2, -0.15) is 0 Å². The maximum atomic E-state index is 11.8. The summed E-state index contributed by atoms with van der Waals surface area (Å²) in [6, 6.07) is 12.2. The molecule has 2 aliphatic rings. The summed E-state index contributed by atoms with van der Waals surface area (Å²) < 4.78 is 0. The van der Waals surface area contributed by atoms with E-state index in [2.05, 4.69) is 62.3 Å². The first-order chi connectivity index (χ1) is 19.0. The average molecular weight is 529 g/mol. The van der Waals surface area contributed by atoms with Gasteiger partial charge < -0.3 is 15.5 Å². The van der Waals surface area contributed by atoms with E-state index in [9.17, 15) is 4.79 Å². The lowest BCUT2D eigenvalue weighted by Crippen LogP contribution is -2.26. The van der Waals surface area contributed by atoms with Gasteiger partial charge in [0.2, 0.25) is 0 Å². The highest BCUT2D eigenvalue weighted by Crippen LogP contribution is 2.33. The molecule has 2 aromatic carbocycles. The fourth-order valence-corrected chi connectivity index (χ4v) is 5.52. The number of nitrogens with two attached hydrogens (primary N) is 1. The van der Waals surface area contributed by atoms with Crippen molar-refractivity contribution in [1.29, 1.82) is 0 Å². The Morgan fingerprint density at radius 2 is 1.72 bits per heavy atom. The number of nitrogens with zero attached hydrogens (tertiary/aromatic N) is 3. The maximum Gasteiger partial charge on any atom is 0.150 e. The Bertz CT molecular complexity index is 1200. The number of aliphatic imine (C=N–C) groups is 1. The molecule has 0 amide bonds. The number of rotatable bonds is 12. The number of carbonyl (C=O) groups is 1. The molecule has 0 bridgehead atoms. The van der Waals surface area contributed by atoms with Crippen LogP contribution in [0.1, 0.15) is 86.7 Å². The molecule has 0 radical (unpaired) electrons. The van der Waals surface area contributed by atoms with Crippen molar-refractivity contribution < 1.29 is 9.63 Å². The molecule has 6 nitrogen and oxygen atoms in total. The van der Waals surface area contributed by atoms with Crippen LogP contribution in [0.4, 0.5) is 5.69 Å². The van der Waals surface area contributed by atoms with Crippen LogP contribution in [-0.4, -0.2) is 48.8 Å². The Hall–Kier alpha value is -3.38. The van der Waals surface area contributed by atoms with Crippen molar-refractivity contribution in [3.8, 4) is 11.1 Å². The maximum absolute atomic E-state index is 11.8. The summed E-state index contributed by atoms with van der Waals surface area (Å²) in [6.45, 7) is 7.11. The molecule has 1 saturated carbocycles. The molecule has 1 heterocycles. The SMILES string of the molecule is CCCN(CCC)OC1=Cc2ccc(-c3ccc(C=O)c(/C=C\N(C)CC4CCCCC4)c3)cc2N=C(N)C1. The van der Waals surface area contributed by atoms with Gasteiger partial charge in [-0.05, 0) is 78.8 Å². The Morgan fingerprint density at radius 3 is 2.44 bits per heavy atom. The van der Waals surface area contributed by atoms with Gasteiger partial charge in [-0.3, -0.25) is 4.79 Å². The van der Waals surface area contributed by atoms with E-state index in [-0.39, 0.29) is 0 Å². The zero-order valence-corrected chi connectivity index (χ0v) is 23.9. The Balaban J connectivity index is 1.55. The highest BCUT2D eigenvalue weighted by Gasteiger charge is 2.16. The summed E-state index contributed by atoms with van der Waals surface area (Å²) in [5, 5.41) is 2.01. The molecular weight excluding hydrogens is 484 g/mol. The van der Waals surface area contributed by atoms with Crippen LogP contribution >= 0.6 is 0 Å². The first-order valence-electron chi connectivity index (χ1n) is 14.6. The normalized spacial score (nSPS) is 16.0. The predicted molar refractivity (Wildman–Crippen MR) is 163 cm³/mol. The van der Waals surface area contributed by atoms with Crippen LogP contribution in [0, 0.1) is 5.92 Å². The number of benzene rings is 2. The van der Waals surface area contributed by atoms with Crippen LogP contribution in [-0.2, 0) is 4.84 Å². The number of carbonyl (C=O) groups excluding carboxylic acids is 1. The van der Waals surface area contributed by atoms with E-state index in [4.69, 9.17) is 15.6 Å². The lowest BCUT2D eigenvalue weighted by atomic mass is 9.89. The predicted octanol–water partition coefficient (Wildman–Crippen LogP) is 7.44. The minimum atomic E-state index is 0.477. The van der Waals surface area contributed by atoms with Gasteiger partial charge in [0.15, 0.2) is 6.29 Å².